The van der Waals surface area contributed by atoms with E-state index >= 15 is 0 Å². The molecule has 0 aliphatic heterocycles. The van der Waals surface area contributed by atoms with E-state index in [1.165, 1.54) is 10.9 Å². The number of benzene rings is 1. The topological polar surface area (TPSA) is 70.9 Å². The number of aromatic nitrogens is 1. The summed E-state index contributed by atoms with van der Waals surface area (Å²) in [5.41, 5.74) is 7.83. The number of amides is 1. The lowest BCUT2D eigenvalue weighted by Crippen LogP contribution is -2.31. The third kappa shape index (κ3) is 3.58. The van der Waals surface area contributed by atoms with Gasteiger partial charge < -0.3 is 16.0 Å². The monoisotopic (exact) mass is 259 g/mol. The molecular formula is C15H21N3O. The Hall–Kier alpha value is -1.81. The van der Waals surface area contributed by atoms with Gasteiger partial charge in [0.25, 0.3) is 0 Å². The van der Waals surface area contributed by atoms with Gasteiger partial charge in [-0.3, -0.25) is 4.79 Å². The largest absolute Gasteiger partial charge is 0.361 e. The lowest BCUT2D eigenvalue weighted by molar-refractivity contribution is -0.121. The molecule has 2 aromatic rings. The summed E-state index contributed by atoms with van der Waals surface area (Å²) in [5, 5.41) is 4.11. The van der Waals surface area contributed by atoms with Crippen LogP contribution in [0.1, 0.15) is 18.9 Å². The van der Waals surface area contributed by atoms with Gasteiger partial charge >= 0.3 is 0 Å². The molecule has 2 rings (SSSR count). The van der Waals surface area contributed by atoms with Crippen LogP contribution in [0.25, 0.3) is 10.9 Å². The zero-order valence-corrected chi connectivity index (χ0v) is 11.3. The Balaban J connectivity index is 1.87. The first-order valence-corrected chi connectivity index (χ1v) is 6.72. The number of carbonyl (C=O) groups excluding carboxylic acids is 1. The van der Waals surface area contributed by atoms with Crippen molar-refractivity contribution in [2.45, 2.75) is 19.8 Å². The third-order valence-electron chi connectivity index (χ3n) is 3.35. The molecular weight excluding hydrogens is 238 g/mol. The molecule has 4 heteroatoms. The number of hydrogen-bond donors (Lipinski definition) is 3. The normalized spacial score (nSPS) is 12.5. The number of H-pyrrole nitrogens is 1. The molecule has 4 nitrogen and oxygen atoms in total. The van der Waals surface area contributed by atoms with Crippen LogP contribution in [0.3, 0.4) is 0 Å². The van der Waals surface area contributed by atoms with E-state index in [0.29, 0.717) is 25.4 Å². The van der Waals surface area contributed by atoms with Crippen molar-refractivity contribution in [1.82, 2.24) is 10.3 Å². The molecule has 0 bridgehead atoms. The van der Waals surface area contributed by atoms with Gasteiger partial charge in [-0.05, 0) is 30.5 Å². The number of aryl methyl sites for hydroxylation is 1. The van der Waals surface area contributed by atoms with Crippen molar-refractivity contribution in [1.29, 1.82) is 0 Å². The fourth-order valence-electron chi connectivity index (χ4n) is 2.05. The smallest absolute Gasteiger partial charge is 0.220 e. The van der Waals surface area contributed by atoms with Crippen LogP contribution in [0.5, 0.6) is 0 Å². The lowest BCUT2D eigenvalue weighted by atomic mass is 10.1. The highest BCUT2D eigenvalue weighted by atomic mass is 16.1. The number of nitrogens with two attached hydrogens (primary N) is 1. The molecule has 1 heterocycles. The molecule has 1 aromatic heterocycles. The summed E-state index contributed by atoms with van der Waals surface area (Å²) >= 11 is 0. The van der Waals surface area contributed by atoms with Gasteiger partial charge in [0.05, 0.1) is 0 Å². The van der Waals surface area contributed by atoms with Crippen molar-refractivity contribution >= 4 is 16.8 Å². The maximum atomic E-state index is 11.7. The van der Waals surface area contributed by atoms with Crippen LogP contribution in [-0.4, -0.2) is 24.0 Å². The Morgan fingerprint density at radius 3 is 3.00 bits per heavy atom. The molecule has 1 amide bonds. The Labute approximate surface area is 113 Å². The highest BCUT2D eigenvalue weighted by molar-refractivity contribution is 5.84. The van der Waals surface area contributed by atoms with Gasteiger partial charge in [0, 0.05) is 30.1 Å². The molecule has 1 unspecified atom stereocenters. The van der Waals surface area contributed by atoms with E-state index in [4.69, 9.17) is 5.73 Å². The maximum Gasteiger partial charge on any atom is 0.220 e. The summed E-state index contributed by atoms with van der Waals surface area (Å²) in [5.74, 6) is 0.419. The van der Waals surface area contributed by atoms with Gasteiger partial charge in [-0.1, -0.05) is 25.1 Å². The van der Waals surface area contributed by atoms with E-state index < -0.39 is 0 Å². The summed E-state index contributed by atoms with van der Waals surface area (Å²) in [6.45, 7) is 3.28. The molecule has 0 saturated heterocycles. The first kappa shape index (κ1) is 13.6. The molecule has 0 fully saturated rings. The zero-order chi connectivity index (χ0) is 13.7. The number of rotatable bonds is 6. The van der Waals surface area contributed by atoms with Gasteiger partial charge in [-0.2, -0.15) is 0 Å². The third-order valence-corrected chi connectivity index (χ3v) is 3.35. The summed E-state index contributed by atoms with van der Waals surface area (Å²) < 4.78 is 0. The van der Waals surface area contributed by atoms with Crippen LogP contribution in [0.4, 0.5) is 0 Å². The molecule has 1 atom stereocenters. The number of fused-ring (bicyclic) bond motifs is 1. The van der Waals surface area contributed by atoms with E-state index in [1.807, 2.05) is 31.3 Å². The van der Waals surface area contributed by atoms with Crippen LogP contribution in [0.2, 0.25) is 0 Å². The Bertz CT molecular complexity index is 547. The lowest BCUT2D eigenvalue weighted by Gasteiger charge is -2.09. The Morgan fingerprint density at radius 2 is 2.21 bits per heavy atom. The van der Waals surface area contributed by atoms with Crippen LogP contribution >= 0.6 is 0 Å². The van der Waals surface area contributed by atoms with Crippen molar-refractivity contribution in [2.75, 3.05) is 13.1 Å². The zero-order valence-electron chi connectivity index (χ0n) is 11.3. The molecule has 19 heavy (non-hydrogen) atoms. The number of carbonyl (C=O) groups is 1. The van der Waals surface area contributed by atoms with E-state index in [2.05, 4.69) is 16.4 Å². The van der Waals surface area contributed by atoms with Crippen molar-refractivity contribution in [3.63, 3.8) is 0 Å². The highest BCUT2D eigenvalue weighted by Gasteiger charge is 2.07. The number of nitrogens with one attached hydrogen (secondary N) is 2. The summed E-state index contributed by atoms with van der Waals surface area (Å²) in [7, 11) is 0. The molecule has 1 aromatic carbocycles. The van der Waals surface area contributed by atoms with Crippen molar-refractivity contribution in [2.24, 2.45) is 11.7 Å². The van der Waals surface area contributed by atoms with E-state index in [1.54, 1.807) is 0 Å². The van der Waals surface area contributed by atoms with Gasteiger partial charge in [-0.15, -0.1) is 0 Å². The van der Waals surface area contributed by atoms with Crippen LogP contribution in [0, 0.1) is 5.92 Å². The molecule has 0 aliphatic carbocycles. The first-order chi connectivity index (χ1) is 9.20. The number of hydrogen-bond acceptors (Lipinski definition) is 2. The predicted molar refractivity (Wildman–Crippen MR) is 77.8 cm³/mol. The predicted octanol–water partition coefficient (Wildman–Crippen LogP) is 1.81. The Kier molecular flexibility index (Phi) is 4.58. The second-order valence-electron chi connectivity index (χ2n) is 5.00. The quantitative estimate of drug-likeness (QED) is 0.740. The van der Waals surface area contributed by atoms with Gasteiger partial charge in [0.15, 0.2) is 0 Å². The van der Waals surface area contributed by atoms with Gasteiger partial charge in [-0.25, -0.2) is 0 Å². The summed E-state index contributed by atoms with van der Waals surface area (Å²) in [4.78, 5) is 15.0. The standard InChI is InChI=1S/C15H21N3O/c1-11(8-16)9-18-15(19)7-6-12-10-17-14-5-3-2-4-13(12)14/h2-5,10-11,17H,6-9,16H2,1H3,(H,18,19). The van der Waals surface area contributed by atoms with Crippen LogP contribution in [-0.2, 0) is 11.2 Å². The van der Waals surface area contributed by atoms with Crippen molar-refractivity contribution in [3.05, 3.63) is 36.0 Å². The number of aromatic amines is 1. The van der Waals surface area contributed by atoms with Crippen LogP contribution in [0.15, 0.2) is 30.5 Å². The van der Waals surface area contributed by atoms with Gasteiger partial charge in [0.2, 0.25) is 5.91 Å². The van der Waals surface area contributed by atoms with E-state index in [0.717, 1.165) is 11.9 Å². The minimum Gasteiger partial charge on any atom is -0.361 e. The van der Waals surface area contributed by atoms with Crippen molar-refractivity contribution < 1.29 is 4.79 Å². The first-order valence-electron chi connectivity index (χ1n) is 6.72. The molecule has 0 aliphatic rings. The average Bonchev–Trinajstić information content (AvgIpc) is 2.85. The second-order valence-corrected chi connectivity index (χ2v) is 5.00. The second kappa shape index (κ2) is 6.38. The highest BCUT2D eigenvalue weighted by Crippen LogP contribution is 2.18. The van der Waals surface area contributed by atoms with E-state index in [9.17, 15) is 4.79 Å². The van der Waals surface area contributed by atoms with Gasteiger partial charge in [0.1, 0.15) is 0 Å². The molecule has 4 N–H and O–H groups in total. The molecule has 102 valence electrons. The van der Waals surface area contributed by atoms with Crippen molar-refractivity contribution in [3.8, 4) is 0 Å². The molecule has 0 spiro atoms. The fourth-order valence-corrected chi connectivity index (χ4v) is 2.05. The molecule has 0 radical (unpaired) electrons. The fraction of sp³-hybridized carbons (Fsp3) is 0.400. The average molecular weight is 259 g/mol. The minimum atomic E-state index is 0.0885. The van der Waals surface area contributed by atoms with Crippen LogP contribution < -0.4 is 11.1 Å². The van der Waals surface area contributed by atoms with E-state index in [-0.39, 0.29) is 5.91 Å². The summed E-state index contributed by atoms with van der Waals surface area (Å²) in [6, 6.07) is 8.14. The minimum absolute atomic E-state index is 0.0885. The number of para-hydroxylation sites is 1. The summed E-state index contributed by atoms with van der Waals surface area (Å²) in [6.07, 6.45) is 3.26. The molecule has 0 saturated carbocycles. The SMILES string of the molecule is CC(CN)CNC(=O)CCc1c[nH]c2ccccc12. The maximum absolute atomic E-state index is 11.7. The Morgan fingerprint density at radius 1 is 1.42 bits per heavy atom.